The molecule has 0 bridgehead atoms. The van der Waals surface area contributed by atoms with E-state index in [-0.39, 0.29) is 5.91 Å². The summed E-state index contributed by atoms with van der Waals surface area (Å²) in [5.41, 5.74) is 1.03. The van der Waals surface area contributed by atoms with Crippen molar-refractivity contribution in [2.24, 2.45) is 0 Å². The van der Waals surface area contributed by atoms with E-state index in [1.54, 1.807) is 17.1 Å². The minimum absolute atomic E-state index is 0.0697. The third-order valence-corrected chi connectivity index (χ3v) is 3.27. The first-order valence-electron chi connectivity index (χ1n) is 5.54. The average molecular weight is 309 g/mol. The number of halogens is 1. The van der Waals surface area contributed by atoms with Crippen molar-refractivity contribution in [1.82, 2.24) is 14.8 Å². The van der Waals surface area contributed by atoms with Gasteiger partial charge >= 0.3 is 0 Å². The van der Waals surface area contributed by atoms with E-state index in [0.29, 0.717) is 18.8 Å². The van der Waals surface area contributed by atoms with Crippen LogP contribution in [0.5, 0.6) is 0 Å². The molecule has 0 aliphatic carbocycles. The third kappa shape index (κ3) is 3.40. The van der Waals surface area contributed by atoms with E-state index in [0.717, 1.165) is 10.0 Å². The molecule has 1 N–H and O–H groups in total. The molecule has 2 aromatic rings. The van der Waals surface area contributed by atoms with Crippen molar-refractivity contribution >= 4 is 27.7 Å². The third-order valence-electron chi connectivity index (χ3n) is 2.44. The molecule has 2 rings (SSSR count). The standard InChI is InChI=1S/C12H13BrN4O/c1-9-7-11(14-8-10(9)13)16-12(18)3-6-17-5-2-4-15-17/h2,4-5,7-8H,3,6H2,1H3,(H,14,16,18). The van der Waals surface area contributed by atoms with Gasteiger partial charge in [0.05, 0.1) is 0 Å². The smallest absolute Gasteiger partial charge is 0.227 e. The molecule has 18 heavy (non-hydrogen) atoms. The monoisotopic (exact) mass is 308 g/mol. The van der Waals surface area contributed by atoms with Crippen LogP contribution in [0, 0.1) is 6.92 Å². The molecule has 0 aromatic carbocycles. The Hall–Kier alpha value is -1.69. The molecule has 0 aliphatic rings. The van der Waals surface area contributed by atoms with E-state index < -0.39 is 0 Å². The van der Waals surface area contributed by atoms with Gasteiger partial charge in [-0.2, -0.15) is 5.10 Å². The van der Waals surface area contributed by atoms with Crippen molar-refractivity contribution in [3.05, 3.63) is 40.8 Å². The fourth-order valence-corrected chi connectivity index (χ4v) is 1.68. The number of aryl methyl sites for hydroxylation is 2. The fraction of sp³-hybridized carbons (Fsp3) is 0.250. The van der Waals surface area contributed by atoms with Gasteiger partial charge in [-0.15, -0.1) is 0 Å². The van der Waals surface area contributed by atoms with Gasteiger partial charge in [-0.3, -0.25) is 9.48 Å². The lowest BCUT2D eigenvalue weighted by molar-refractivity contribution is -0.116. The molecule has 1 amide bonds. The maximum absolute atomic E-state index is 11.7. The van der Waals surface area contributed by atoms with Crippen LogP contribution < -0.4 is 5.32 Å². The van der Waals surface area contributed by atoms with Crippen molar-refractivity contribution in [1.29, 1.82) is 0 Å². The number of amides is 1. The zero-order chi connectivity index (χ0) is 13.0. The van der Waals surface area contributed by atoms with E-state index >= 15 is 0 Å². The minimum Gasteiger partial charge on any atom is -0.311 e. The van der Waals surface area contributed by atoms with Crippen LogP contribution in [0.15, 0.2) is 35.2 Å². The Bertz CT molecular complexity index is 539. The summed E-state index contributed by atoms with van der Waals surface area (Å²) in [4.78, 5) is 15.8. The molecule has 0 radical (unpaired) electrons. The first kappa shape index (κ1) is 12.8. The van der Waals surface area contributed by atoms with Gasteiger partial charge in [-0.05, 0) is 40.5 Å². The van der Waals surface area contributed by atoms with Crippen molar-refractivity contribution < 1.29 is 4.79 Å². The van der Waals surface area contributed by atoms with E-state index in [1.807, 2.05) is 25.3 Å². The zero-order valence-corrected chi connectivity index (χ0v) is 11.5. The van der Waals surface area contributed by atoms with Crippen LogP contribution in [-0.2, 0) is 11.3 Å². The molecule has 0 aliphatic heterocycles. The normalized spacial score (nSPS) is 10.3. The molecule has 6 heteroatoms. The highest BCUT2D eigenvalue weighted by molar-refractivity contribution is 9.10. The van der Waals surface area contributed by atoms with Gasteiger partial charge in [0, 0.05) is 36.0 Å². The summed E-state index contributed by atoms with van der Waals surface area (Å²) in [5.74, 6) is 0.501. The number of carbonyl (C=O) groups excluding carboxylic acids is 1. The number of hydrogen-bond acceptors (Lipinski definition) is 3. The van der Waals surface area contributed by atoms with E-state index in [1.165, 1.54) is 0 Å². The second-order valence-electron chi connectivity index (χ2n) is 3.89. The van der Waals surface area contributed by atoms with Crippen LogP contribution in [-0.4, -0.2) is 20.7 Å². The predicted octanol–water partition coefficient (Wildman–Crippen LogP) is 2.38. The molecule has 0 saturated heterocycles. The average Bonchev–Trinajstić information content (AvgIpc) is 2.84. The van der Waals surface area contributed by atoms with Gasteiger partial charge in [0.15, 0.2) is 0 Å². The summed E-state index contributed by atoms with van der Waals surface area (Å²) < 4.78 is 2.65. The Kier molecular flexibility index (Phi) is 4.09. The van der Waals surface area contributed by atoms with E-state index in [2.05, 4.69) is 31.3 Å². The van der Waals surface area contributed by atoms with Gasteiger partial charge in [-0.25, -0.2) is 4.98 Å². The molecular formula is C12H13BrN4O. The topological polar surface area (TPSA) is 59.8 Å². The largest absolute Gasteiger partial charge is 0.311 e. The maximum Gasteiger partial charge on any atom is 0.227 e. The Morgan fingerprint density at radius 2 is 2.39 bits per heavy atom. The molecule has 2 heterocycles. The number of nitrogens with zero attached hydrogens (tertiary/aromatic N) is 3. The lowest BCUT2D eigenvalue weighted by Gasteiger charge is -2.06. The maximum atomic E-state index is 11.7. The quantitative estimate of drug-likeness (QED) is 0.943. The molecular weight excluding hydrogens is 296 g/mol. The van der Waals surface area contributed by atoms with Crippen LogP contribution in [0.4, 0.5) is 5.82 Å². The van der Waals surface area contributed by atoms with Crippen molar-refractivity contribution in [3.63, 3.8) is 0 Å². The van der Waals surface area contributed by atoms with Gasteiger partial charge in [-0.1, -0.05) is 0 Å². The summed E-state index contributed by atoms with van der Waals surface area (Å²) in [7, 11) is 0. The van der Waals surface area contributed by atoms with Crippen LogP contribution in [0.1, 0.15) is 12.0 Å². The number of aromatic nitrogens is 3. The second-order valence-corrected chi connectivity index (χ2v) is 4.74. The van der Waals surface area contributed by atoms with Gasteiger partial charge in [0.1, 0.15) is 5.82 Å². The van der Waals surface area contributed by atoms with Gasteiger partial charge in [0.25, 0.3) is 0 Å². The number of rotatable bonds is 4. The molecule has 0 fully saturated rings. The predicted molar refractivity (Wildman–Crippen MR) is 72.1 cm³/mol. The minimum atomic E-state index is -0.0697. The summed E-state index contributed by atoms with van der Waals surface area (Å²) in [6.07, 6.45) is 5.57. The Morgan fingerprint density at radius 1 is 1.56 bits per heavy atom. The first-order chi connectivity index (χ1) is 8.65. The van der Waals surface area contributed by atoms with Crippen LogP contribution >= 0.6 is 15.9 Å². The zero-order valence-electron chi connectivity index (χ0n) is 9.93. The number of hydrogen-bond donors (Lipinski definition) is 1. The lowest BCUT2D eigenvalue weighted by Crippen LogP contribution is -2.15. The van der Waals surface area contributed by atoms with Crippen molar-refractivity contribution in [3.8, 4) is 0 Å². The van der Waals surface area contributed by atoms with E-state index in [9.17, 15) is 4.79 Å². The number of anilines is 1. The molecule has 5 nitrogen and oxygen atoms in total. The molecule has 2 aromatic heterocycles. The number of carbonyl (C=O) groups is 1. The van der Waals surface area contributed by atoms with Crippen molar-refractivity contribution in [2.45, 2.75) is 19.9 Å². The van der Waals surface area contributed by atoms with Crippen molar-refractivity contribution in [2.75, 3.05) is 5.32 Å². The summed E-state index contributed by atoms with van der Waals surface area (Å²) in [6, 6.07) is 3.66. The number of nitrogens with one attached hydrogen (secondary N) is 1. The molecule has 0 saturated carbocycles. The lowest BCUT2D eigenvalue weighted by atomic mass is 10.3. The molecule has 0 atom stereocenters. The molecule has 0 unspecified atom stereocenters. The molecule has 0 spiro atoms. The Morgan fingerprint density at radius 3 is 3.06 bits per heavy atom. The highest BCUT2D eigenvalue weighted by Gasteiger charge is 2.05. The molecule has 94 valence electrons. The van der Waals surface area contributed by atoms with E-state index in [4.69, 9.17) is 0 Å². The second kappa shape index (κ2) is 5.77. The highest BCUT2D eigenvalue weighted by atomic mass is 79.9. The van der Waals surface area contributed by atoms with Crippen LogP contribution in [0.2, 0.25) is 0 Å². The fourth-order valence-electron chi connectivity index (χ4n) is 1.46. The van der Waals surface area contributed by atoms with Crippen LogP contribution in [0.25, 0.3) is 0 Å². The van der Waals surface area contributed by atoms with Gasteiger partial charge < -0.3 is 5.32 Å². The summed E-state index contributed by atoms with van der Waals surface area (Å²) in [6.45, 7) is 2.51. The first-order valence-corrected chi connectivity index (χ1v) is 6.34. The van der Waals surface area contributed by atoms with Crippen LogP contribution in [0.3, 0.4) is 0 Å². The Labute approximate surface area is 113 Å². The number of pyridine rings is 1. The highest BCUT2D eigenvalue weighted by Crippen LogP contribution is 2.17. The summed E-state index contributed by atoms with van der Waals surface area (Å²) in [5, 5.41) is 6.80. The van der Waals surface area contributed by atoms with Gasteiger partial charge in [0.2, 0.25) is 5.91 Å². The Balaban J connectivity index is 1.88. The summed E-state index contributed by atoms with van der Waals surface area (Å²) >= 11 is 3.37. The SMILES string of the molecule is Cc1cc(NC(=O)CCn2cccn2)ncc1Br.